The Bertz CT molecular complexity index is 1080. The van der Waals surface area contributed by atoms with Crippen LogP contribution in [0.15, 0.2) is 48.5 Å². The maximum absolute atomic E-state index is 12.5. The van der Waals surface area contributed by atoms with Gasteiger partial charge in [0.1, 0.15) is 18.5 Å². The van der Waals surface area contributed by atoms with Crippen molar-refractivity contribution >= 4 is 28.9 Å². The fraction of sp³-hybridized carbons (Fsp3) is 0.238. The average Bonchev–Trinajstić information content (AvgIpc) is 3.27. The van der Waals surface area contributed by atoms with Gasteiger partial charge in [-0.3, -0.25) is 4.79 Å². The van der Waals surface area contributed by atoms with E-state index in [0.29, 0.717) is 27.9 Å². The smallest absolute Gasteiger partial charge is 0.351 e. The first-order valence-corrected chi connectivity index (χ1v) is 10.2. The van der Waals surface area contributed by atoms with Crippen molar-refractivity contribution in [2.75, 3.05) is 12.4 Å². The second-order valence-corrected chi connectivity index (χ2v) is 7.66. The molecule has 2 aromatic carbocycles. The molecule has 1 aromatic heterocycles. The minimum atomic E-state index is -0.902. The lowest BCUT2D eigenvalue weighted by atomic mass is 10.2. The maximum Gasteiger partial charge on any atom is 0.351 e. The molecule has 0 radical (unpaired) electrons. The molecule has 2 heterocycles. The first-order valence-electron chi connectivity index (χ1n) is 9.40. The summed E-state index contributed by atoms with van der Waals surface area (Å²) in [5, 5.41) is 11.0. The van der Waals surface area contributed by atoms with Crippen LogP contribution in [-0.4, -0.2) is 41.4 Å². The SMILES string of the molecule is COc1ccc(NC(=O)c2nnc(COC(=O)C3Oc4ccccc4OC3C)s2)cc1. The van der Waals surface area contributed by atoms with E-state index in [9.17, 15) is 9.59 Å². The van der Waals surface area contributed by atoms with Crippen molar-refractivity contribution in [3.05, 3.63) is 58.5 Å². The van der Waals surface area contributed by atoms with Gasteiger partial charge in [-0.15, -0.1) is 10.2 Å². The number of hydrogen-bond acceptors (Lipinski definition) is 9. The molecule has 0 fully saturated rings. The van der Waals surface area contributed by atoms with Gasteiger partial charge in [0, 0.05) is 5.69 Å². The van der Waals surface area contributed by atoms with Gasteiger partial charge in [-0.25, -0.2) is 4.79 Å². The summed E-state index contributed by atoms with van der Waals surface area (Å²) >= 11 is 1.04. The summed E-state index contributed by atoms with van der Waals surface area (Å²) in [5.41, 5.74) is 0.595. The quantitative estimate of drug-likeness (QED) is 0.582. The monoisotopic (exact) mass is 441 g/mol. The fourth-order valence-corrected chi connectivity index (χ4v) is 3.50. The first-order chi connectivity index (χ1) is 15.0. The van der Waals surface area contributed by atoms with E-state index in [1.807, 2.05) is 6.07 Å². The van der Waals surface area contributed by atoms with Gasteiger partial charge in [0.05, 0.1) is 7.11 Å². The molecule has 0 bridgehead atoms. The molecule has 160 valence electrons. The van der Waals surface area contributed by atoms with Crippen molar-refractivity contribution in [2.45, 2.75) is 25.7 Å². The van der Waals surface area contributed by atoms with Crippen LogP contribution >= 0.6 is 11.3 Å². The van der Waals surface area contributed by atoms with Crippen LogP contribution in [0.25, 0.3) is 0 Å². The second kappa shape index (κ2) is 9.00. The van der Waals surface area contributed by atoms with Crippen molar-refractivity contribution in [3.8, 4) is 17.2 Å². The van der Waals surface area contributed by atoms with Gasteiger partial charge in [-0.1, -0.05) is 23.5 Å². The van der Waals surface area contributed by atoms with Crippen LogP contribution in [0.2, 0.25) is 0 Å². The highest BCUT2D eigenvalue weighted by Crippen LogP contribution is 2.33. The molecule has 1 amide bonds. The number of esters is 1. The Morgan fingerprint density at radius 2 is 1.77 bits per heavy atom. The van der Waals surface area contributed by atoms with Gasteiger partial charge < -0.3 is 24.3 Å². The zero-order chi connectivity index (χ0) is 21.8. The molecule has 31 heavy (non-hydrogen) atoms. The second-order valence-electron chi connectivity index (χ2n) is 6.60. The molecular weight excluding hydrogens is 422 g/mol. The zero-order valence-electron chi connectivity index (χ0n) is 16.7. The molecule has 3 aromatic rings. The summed E-state index contributed by atoms with van der Waals surface area (Å²) < 4.78 is 21.8. The number of carbonyl (C=O) groups excluding carboxylic acids is 2. The van der Waals surface area contributed by atoms with E-state index in [1.54, 1.807) is 56.5 Å². The molecule has 2 atom stereocenters. The molecule has 2 unspecified atom stereocenters. The largest absolute Gasteiger partial charge is 0.497 e. The highest BCUT2D eigenvalue weighted by atomic mass is 32.1. The molecular formula is C21H19N3O6S. The Labute approximate surface area is 181 Å². The Morgan fingerprint density at radius 3 is 2.48 bits per heavy atom. The van der Waals surface area contributed by atoms with E-state index < -0.39 is 24.1 Å². The van der Waals surface area contributed by atoms with Gasteiger partial charge in [-0.2, -0.15) is 0 Å². The number of rotatable bonds is 6. The molecule has 10 heteroatoms. The number of nitrogens with one attached hydrogen (secondary N) is 1. The van der Waals surface area contributed by atoms with E-state index in [0.717, 1.165) is 11.3 Å². The van der Waals surface area contributed by atoms with E-state index in [4.69, 9.17) is 18.9 Å². The number of aromatic nitrogens is 2. The number of anilines is 1. The van der Waals surface area contributed by atoms with Crippen molar-refractivity contribution in [1.29, 1.82) is 0 Å². The summed E-state index contributed by atoms with van der Waals surface area (Å²) in [4.78, 5) is 24.8. The van der Waals surface area contributed by atoms with Crippen LogP contribution in [0.1, 0.15) is 21.7 Å². The Morgan fingerprint density at radius 1 is 1.06 bits per heavy atom. The minimum absolute atomic E-state index is 0.124. The molecule has 9 nitrogen and oxygen atoms in total. The summed E-state index contributed by atoms with van der Waals surface area (Å²) in [6.45, 7) is 1.61. The Kier molecular flexibility index (Phi) is 5.99. The van der Waals surface area contributed by atoms with Gasteiger partial charge in [0.25, 0.3) is 5.91 Å². The van der Waals surface area contributed by atoms with Crippen LogP contribution < -0.4 is 19.5 Å². The van der Waals surface area contributed by atoms with Crippen molar-refractivity contribution in [3.63, 3.8) is 0 Å². The van der Waals surface area contributed by atoms with Crippen LogP contribution in [0.5, 0.6) is 17.2 Å². The standard InChI is InChI=1S/C21H19N3O6S/c1-12-18(30-16-6-4-3-5-15(16)29-12)21(26)28-11-17-23-24-20(31-17)19(25)22-13-7-9-14(27-2)10-8-13/h3-10,12,18H,11H2,1-2H3,(H,22,25). The highest BCUT2D eigenvalue weighted by Gasteiger charge is 2.35. The van der Waals surface area contributed by atoms with Crippen LogP contribution in [0.3, 0.4) is 0 Å². The number of ether oxygens (including phenoxy) is 4. The Hall–Kier alpha value is -3.66. The highest BCUT2D eigenvalue weighted by molar-refractivity contribution is 7.13. The number of hydrogen-bond donors (Lipinski definition) is 1. The van der Waals surface area contributed by atoms with Gasteiger partial charge >= 0.3 is 5.97 Å². The molecule has 1 aliphatic heterocycles. The summed E-state index contributed by atoms with van der Waals surface area (Å²) in [5.74, 6) is 0.755. The molecule has 0 spiro atoms. The number of carbonyl (C=O) groups is 2. The molecule has 1 aliphatic rings. The Balaban J connectivity index is 1.32. The number of para-hydroxylation sites is 2. The minimum Gasteiger partial charge on any atom is -0.497 e. The molecule has 1 N–H and O–H groups in total. The van der Waals surface area contributed by atoms with E-state index in [2.05, 4.69) is 15.5 Å². The number of amides is 1. The number of fused-ring (bicyclic) bond motifs is 1. The first kappa shape index (κ1) is 20.6. The van der Waals surface area contributed by atoms with E-state index in [1.165, 1.54) is 0 Å². The summed E-state index contributed by atoms with van der Waals surface area (Å²) in [6.07, 6.45) is -1.41. The molecule has 0 saturated carbocycles. The predicted molar refractivity (Wildman–Crippen MR) is 112 cm³/mol. The lowest BCUT2D eigenvalue weighted by Crippen LogP contribution is -2.44. The summed E-state index contributed by atoms with van der Waals surface area (Å²) in [7, 11) is 1.57. The van der Waals surface area contributed by atoms with Gasteiger partial charge in [0.2, 0.25) is 11.1 Å². The van der Waals surface area contributed by atoms with Crippen LogP contribution in [0.4, 0.5) is 5.69 Å². The number of benzene rings is 2. The third-order valence-electron chi connectivity index (χ3n) is 4.42. The normalized spacial score (nSPS) is 17.0. The van der Waals surface area contributed by atoms with Crippen molar-refractivity contribution in [1.82, 2.24) is 10.2 Å². The topological polar surface area (TPSA) is 109 Å². The number of nitrogens with zero attached hydrogens (tertiary/aromatic N) is 2. The lowest BCUT2D eigenvalue weighted by molar-refractivity contribution is -0.159. The molecule has 0 saturated heterocycles. The zero-order valence-corrected chi connectivity index (χ0v) is 17.5. The van der Waals surface area contributed by atoms with E-state index in [-0.39, 0.29) is 11.6 Å². The summed E-state index contributed by atoms with van der Waals surface area (Å²) in [6, 6.07) is 14.0. The third-order valence-corrected chi connectivity index (χ3v) is 5.32. The van der Waals surface area contributed by atoms with Crippen LogP contribution in [0, 0.1) is 0 Å². The predicted octanol–water partition coefficient (Wildman–Crippen LogP) is 3.07. The van der Waals surface area contributed by atoms with Gasteiger partial charge in [-0.05, 0) is 43.3 Å². The molecule has 0 aliphatic carbocycles. The maximum atomic E-state index is 12.5. The van der Waals surface area contributed by atoms with Crippen LogP contribution in [-0.2, 0) is 16.1 Å². The number of methoxy groups -OCH3 is 1. The van der Waals surface area contributed by atoms with Gasteiger partial charge in [0.15, 0.2) is 16.5 Å². The third kappa shape index (κ3) is 4.75. The fourth-order valence-electron chi connectivity index (χ4n) is 2.86. The van der Waals surface area contributed by atoms with E-state index >= 15 is 0 Å². The lowest BCUT2D eigenvalue weighted by Gasteiger charge is -2.30. The van der Waals surface area contributed by atoms with Crippen molar-refractivity contribution < 1.29 is 28.5 Å². The van der Waals surface area contributed by atoms with Crippen molar-refractivity contribution in [2.24, 2.45) is 0 Å². The molecule has 4 rings (SSSR count). The average molecular weight is 441 g/mol.